The van der Waals surface area contributed by atoms with E-state index in [-0.39, 0.29) is 0 Å². The van der Waals surface area contributed by atoms with Gasteiger partial charge in [0.1, 0.15) is 5.75 Å². The molecule has 0 radical (unpaired) electrons. The SMILES string of the molecule is CNC1C(c2ccc(OC)c(C)c2)C1(C)C. The van der Waals surface area contributed by atoms with E-state index in [4.69, 9.17) is 4.74 Å². The smallest absolute Gasteiger partial charge is 0.121 e. The third kappa shape index (κ3) is 1.61. The van der Waals surface area contributed by atoms with Gasteiger partial charge < -0.3 is 10.1 Å². The first kappa shape index (κ1) is 11.5. The average Bonchev–Trinajstić information content (AvgIpc) is 2.80. The molecule has 0 aromatic heterocycles. The van der Waals surface area contributed by atoms with Gasteiger partial charge in [0.15, 0.2) is 0 Å². The lowest BCUT2D eigenvalue weighted by molar-refractivity contribution is 0.411. The number of nitrogens with one attached hydrogen (secondary N) is 1. The highest BCUT2D eigenvalue weighted by Gasteiger charge is 2.57. The molecule has 1 saturated carbocycles. The van der Waals surface area contributed by atoms with Crippen molar-refractivity contribution in [1.82, 2.24) is 5.32 Å². The second-order valence-electron chi connectivity index (χ2n) is 5.29. The van der Waals surface area contributed by atoms with E-state index in [1.165, 1.54) is 11.1 Å². The van der Waals surface area contributed by atoms with Crippen LogP contribution >= 0.6 is 0 Å². The normalized spacial score (nSPS) is 26.6. The molecular weight excluding hydrogens is 198 g/mol. The van der Waals surface area contributed by atoms with E-state index in [2.05, 4.69) is 44.3 Å². The molecule has 0 spiro atoms. The molecular formula is C14H21NO. The summed E-state index contributed by atoms with van der Waals surface area (Å²) in [6, 6.07) is 7.12. The highest BCUT2D eigenvalue weighted by molar-refractivity contribution is 5.42. The monoisotopic (exact) mass is 219 g/mol. The van der Waals surface area contributed by atoms with Gasteiger partial charge in [0.25, 0.3) is 0 Å². The van der Waals surface area contributed by atoms with Crippen molar-refractivity contribution in [2.45, 2.75) is 32.7 Å². The highest BCUT2D eigenvalue weighted by Crippen LogP contribution is 2.58. The lowest BCUT2D eigenvalue weighted by atomic mass is 10.0. The number of likely N-dealkylation sites (N-methyl/N-ethyl adjacent to an activating group) is 1. The van der Waals surface area contributed by atoms with Gasteiger partial charge >= 0.3 is 0 Å². The summed E-state index contributed by atoms with van der Waals surface area (Å²) in [6.45, 7) is 6.74. The Kier molecular flexibility index (Phi) is 2.70. The summed E-state index contributed by atoms with van der Waals surface area (Å²) in [6.07, 6.45) is 0. The molecule has 2 unspecified atom stereocenters. The molecule has 1 aliphatic carbocycles. The molecule has 0 aliphatic heterocycles. The Morgan fingerprint density at radius 2 is 2.00 bits per heavy atom. The number of aryl methyl sites for hydroxylation is 1. The summed E-state index contributed by atoms with van der Waals surface area (Å²) in [7, 11) is 3.77. The number of hydrogen-bond acceptors (Lipinski definition) is 2. The fraction of sp³-hybridized carbons (Fsp3) is 0.571. The van der Waals surface area contributed by atoms with Crippen LogP contribution in [0.4, 0.5) is 0 Å². The lowest BCUT2D eigenvalue weighted by Crippen LogP contribution is -2.14. The second-order valence-corrected chi connectivity index (χ2v) is 5.29. The minimum Gasteiger partial charge on any atom is -0.496 e. The van der Waals surface area contributed by atoms with Gasteiger partial charge in [-0.2, -0.15) is 0 Å². The standard InChI is InChI=1S/C14H21NO/c1-9-8-10(6-7-11(9)16-5)12-13(15-4)14(12,2)3/h6-8,12-13,15H,1-5H3. The molecule has 0 amide bonds. The maximum atomic E-state index is 5.29. The molecule has 2 atom stereocenters. The van der Waals surface area contributed by atoms with Crippen molar-refractivity contribution in [1.29, 1.82) is 0 Å². The van der Waals surface area contributed by atoms with Crippen molar-refractivity contribution in [3.8, 4) is 5.75 Å². The highest BCUT2D eigenvalue weighted by atomic mass is 16.5. The van der Waals surface area contributed by atoms with Crippen molar-refractivity contribution in [3.05, 3.63) is 29.3 Å². The van der Waals surface area contributed by atoms with E-state index >= 15 is 0 Å². The van der Waals surface area contributed by atoms with Gasteiger partial charge in [-0.25, -0.2) is 0 Å². The maximum Gasteiger partial charge on any atom is 0.121 e. The second kappa shape index (κ2) is 3.77. The molecule has 1 N–H and O–H groups in total. The molecule has 2 heteroatoms. The molecule has 0 saturated heterocycles. The van der Waals surface area contributed by atoms with Gasteiger partial charge in [0.2, 0.25) is 0 Å². The van der Waals surface area contributed by atoms with Crippen molar-refractivity contribution in [2.75, 3.05) is 14.2 Å². The largest absolute Gasteiger partial charge is 0.496 e. The van der Waals surface area contributed by atoms with Gasteiger partial charge in [-0.3, -0.25) is 0 Å². The van der Waals surface area contributed by atoms with E-state index in [1.807, 2.05) is 7.05 Å². The number of benzene rings is 1. The first-order chi connectivity index (χ1) is 7.52. The van der Waals surface area contributed by atoms with Crippen LogP contribution in [-0.2, 0) is 0 Å². The molecule has 1 aliphatic rings. The average molecular weight is 219 g/mol. The number of ether oxygens (including phenoxy) is 1. The van der Waals surface area contributed by atoms with Crippen molar-refractivity contribution in [2.24, 2.45) is 5.41 Å². The molecule has 16 heavy (non-hydrogen) atoms. The van der Waals surface area contributed by atoms with Gasteiger partial charge in [0.05, 0.1) is 7.11 Å². The molecule has 0 heterocycles. The Morgan fingerprint density at radius 1 is 1.31 bits per heavy atom. The van der Waals surface area contributed by atoms with Crippen LogP contribution in [0.3, 0.4) is 0 Å². The van der Waals surface area contributed by atoms with Crippen LogP contribution in [0.25, 0.3) is 0 Å². The number of methoxy groups -OCH3 is 1. The fourth-order valence-corrected chi connectivity index (χ4v) is 2.89. The van der Waals surface area contributed by atoms with E-state index in [9.17, 15) is 0 Å². The molecule has 2 nitrogen and oxygen atoms in total. The molecule has 88 valence electrons. The zero-order valence-corrected chi connectivity index (χ0v) is 10.8. The summed E-state index contributed by atoms with van der Waals surface area (Å²) in [5.41, 5.74) is 3.01. The predicted molar refractivity (Wildman–Crippen MR) is 67.1 cm³/mol. The van der Waals surface area contributed by atoms with Crippen LogP contribution in [0.2, 0.25) is 0 Å². The third-order valence-electron chi connectivity index (χ3n) is 3.92. The molecule has 1 aromatic rings. The molecule has 1 fully saturated rings. The van der Waals surface area contributed by atoms with Gasteiger partial charge in [-0.1, -0.05) is 26.0 Å². The van der Waals surface area contributed by atoms with Gasteiger partial charge in [-0.05, 0) is 36.6 Å². The molecule has 2 rings (SSSR count). The zero-order valence-electron chi connectivity index (χ0n) is 10.8. The minimum absolute atomic E-state index is 0.371. The van der Waals surface area contributed by atoms with Crippen LogP contribution in [0, 0.1) is 12.3 Å². The maximum absolute atomic E-state index is 5.29. The summed E-state index contributed by atoms with van der Waals surface area (Å²) in [5, 5.41) is 3.39. The van der Waals surface area contributed by atoms with Crippen LogP contribution in [0.1, 0.15) is 30.9 Å². The first-order valence-corrected chi connectivity index (χ1v) is 5.84. The predicted octanol–water partition coefficient (Wildman–Crippen LogP) is 2.72. The van der Waals surface area contributed by atoms with Crippen molar-refractivity contribution >= 4 is 0 Å². The molecule has 0 bridgehead atoms. The summed E-state index contributed by atoms with van der Waals surface area (Å²) in [4.78, 5) is 0. The van der Waals surface area contributed by atoms with Crippen molar-refractivity contribution in [3.63, 3.8) is 0 Å². The quantitative estimate of drug-likeness (QED) is 0.844. The Balaban J connectivity index is 2.27. The van der Waals surface area contributed by atoms with Gasteiger partial charge in [-0.15, -0.1) is 0 Å². The van der Waals surface area contributed by atoms with E-state index in [0.717, 1.165) is 5.75 Å². The van der Waals surface area contributed by atoms with Crippen molar-refractivity contribution < 1.29 is 4.74 Å². The van der Waals surface area contributed by atoms with E-state index in [0.29, 0.717) is 17.4 Å². The zero-order chi connectivity index (χ0) is 11.9. The minimum atomic E-state index is 0.371. The Morgan fingerprint density at radius 3 is 2.44 bits per heavy atom. The number of hydrogen-bond donors (Lipinski definition) is 1. The topological polar surface area (TPSA) is 21.3 Å². The third-order valence-corrected chi connectivity index (χ3v) is 3.92. The van der Waals surface area contributed by atoms with Crippen LogP contribution in [-0.4, -0.2) is 20.2 Å². The Labute approximate surface area is 98.0 Å². The Bertz CT molecular complexity index is 398. The summed E-state index contributed by atoms with van der Waals surface area (Å²) < 4.78 is 5.29. The summed E-state index contributed by atoms with van der Waals surface area (Å²) >= 11 is 0. The van der Waals surface area contributed by atoms with E-state index < -0.39 is 0 Å². The Hall–Kier alpha value is -1.02. The fourth-order valence-electron chi connectivity index (χ4n) is 2.89. The lowest BCUT2D eigenvalue weighted by Gasteiger charge is -2.08. The van der Waals surface area contributed by atoms with Crippen LogP contribution in [0.5, 0.6) is 5.75 Å². The first-order valence-electron chi connectivity index (χ1n) is 5.84. The van der Waals surface area contributed by atoms with E-state index in [1.54, 1.807) is 7.11 Å². The van der Waals surface area contributed by atoms with Gasteiger partial charge in [0, 0.05) is 12.0 Å². The van der Waals surface area contributed by atoms with Crippen LogP contribution in [0.15, 0.2) is 18.2 Å². The number of rotatable bonds is 3. The van der Waals surface area contributed by atoms with Crippen LogP contribution < -0.4 is 10.1 Å². The summed E-state index contributed by atoms with van der Waals surface area (Å²) in [5.74, 6) is 1.60. The molecule has 1 aromatic carbocycles.